The lowest BCUT2D eigenvalue weighted by molar-refractivity contribution is 0.903. The van der Waals surface area contributed by atoms with E-state index in [9.17, 15) is 0 Å². The Morgan fingerprint density at radius 1 is 0.773 bits per heavy atom. The lowest BCUT2D eigenvalue weighted by Gasteiger charge is -1.97. The number of benzene rings is 2. The molecule has 1 heteroatoms. The maximum absolute atomic E-state index is 8.79. The van der Waals surface area contributed by atoms with Gasteiger partial charge in [-0.1, -0.05) is 60.1 Å². The van der Waals surface area contributed by atoms with Crippen molar-refractivity contribution in [3.8, 4) is 29.8 Å². The first-order valence-electron chi connectivity index (χ1n) is 7.38. The van der Waals surface area contributed by atoms with E-state index in [2.05, 4.69) is 29.8 Å². The summed E-state index contributed by atoms with van der Waals surface area (Å²) in [5, 5.41) is 8.79. The average molecular weight is 283 g/mol. The molecule has 0 radical (unpaired) electrons. The normalized spacial score (nSPS) is 8.86. The van der Waals surface area contributed by atoms with Crippen LogP contribution in [0.25, 0.3) is 0 Å². The molecular weight excluding hydrogens is 266 g/mol. The van der Waals surface area contributed by atoms with Gasteiger partial charge in [0.2, 0.25) is 0 Å². The summed E-state index contributed by atoms with van der Waals surface area (Å²) in [4.78, 5) is 0. The molecule has 0 saturated carbocycles. The maximum Gasteiger partial charge on any atom is 0.0670 e. The fourth-order valence-electron chi connectivity index (χ4n) is 1.99. The van der Waals surface area contributed by atoms with Crippen LogP contribution in [0.3, 0.4) is 0 Å². The third kappa shape index (κ3) is 5.20. The van der Waals surface area contributed by atoms with E-state index in [1.165, 1.54) is 0 Å². The summed E-state index contributed by atoms with van der Waals surface area (Å²) in [7, 11) is 0. The zero-order valence-electron chi connectivity index (χ0n) is 12.5. The van der Waals surface area contributed by atoms with Crippen molar-refractivity contribution in [1.29, 1.82) is 5.26 Å². The Hall–Kier alpha value is -2.95. The zero-order valence-corrected chi connectivity index (χ0v) is 12.5. The van der Waals surface area contributed by atoms with Crippen molar-refractivity contribution >= 4 is 0 Å². The second kappa shape index (κ2) is 9.07. The fraction of sp³-hybridized carbons (Fsp3) is 0.190. The third-order valence-electron chi connectivity index (χ3n) is 3.12. The average Bonchev–Trinajstić information content (AvgIpc) is 2.56. The number of nitrogens with zero attached hydrogens (tertiary/aromatic N) is 1. The second-order valence-electron chi connectivity index (χ2n) is 4.82. The Labute approximate surface area is 132 Å². The van der Waals surface area contributed by atoms with Crippen molar-refractivity contribution in [2.75, 3.05) is 0 Å². The van der Waals surface area contributed by atoms with E-state index in [0.717, 1.165) is 36.0 Å². The fourth-order valence-corrected chi connectivity index (χ4v) is 1.99. The summed E-state index contributed by atoms with van der Waals surface area (Å²) in [6.07, 6.45) is 3.05. The van der Waals surface area contributed by atoms with Crippen molar-refractivity contribution in [2.45, 2.75) is 25.7 Å². The molecule has 0 aromatic heterocycles. The highest BCUT2D eigenvalue weighted by Gasteiger charge is 1.96. The van der Waals surface area contributed by atoms with E-state index in [4.69, 9.17) is 5.26 Å². The Bertz CT molecular complexity index is 759. The van der Waals surface area contributed by atoms with Gasteiger partial charge in [0.25, 0.3) is 0 Å². The minimum absolute atomic E-state index is 0.410. The Morgan fingerprint density at radius 2 is 1.45 bits per heavy atom. The molecule has 2 rings (SSSR count). The minimum atomic E-state index is 0.410. The van der Waals surface area contributed by atoms with Crippen LogP contribution in [0.15, 0.2) is 54.6 Å². The molecule has 2 aromatic rings. The van der Waals surface area contributed by atoms with Gasteiger partial charge in [0, 0.05) is 24.0 Å². The van der Waals surface area contributed by atoms with Crippen LogP contribution in [-0.2, 0) is 6.42 Å². The van der Waals surface area contributed by atoms with E-state index in [0.29, 0.717) is 6.42 Å². The van der Waals surface area contributed by atoms with Crippen LogP contribution < -0.4 is 0 Å². The number of hydrogen-bond donors (Lipinski definition) is 0. The Balaban J connectivity index is 1.81. The number of rotatable bonds is 3. The number of hydrogen-bond acceptors (Lipinski definition) is 1. The van der Waals surface area contributed by atoms with Crippen molar-refractivity contribution in [3.63, 3.8) is 0 Å². The highest BCUT2D eigenvalue weighted by molar-refractivity contribution is 5.42. The molecule has 1 nitrogen and oxygen atoms in total. The van der Waals surface area contributed by atoms with Crippen LogP contribution in [0, 0.1) is 35.0 Å². The van der Waals surface area contributed by atoms with E-state index in [-0.39, 0.29) is 0 Å². The molecule has 0 heterocycles. The largest absolute Gasteiger partial charge is 0.198 e. The van der Waals surface area contributed by atoms with Gasteiger partial charge in [-0.2, -0.15) is 5.26 Å². The van der Waals surface area contributed by atoms with Crippen molar-refractivity contribution < 1.29 is 0 Å². The molecule has 0 fully saturated rings. The first-order valence-corrected chi connectivity index (χ1v) is 7.38. The van der Waals surface area contributed by atoms with Crippen molar-refractivity contribution in [1.82, 2.24) is 0 Å². The molecule has 0 spiro atoms. The number of nitriles is 1. The predicted molar refractivity (Wildman–Crippen MR) is 89.8 cm³/mol. The number of unbranched alkanes of at least 4 members (excludes halogenated alkanes) is 2. The molecule has 106 valence electrons. The molecule has 0 unspecified atom stereocenters. The topological polar surface area (TPSA) is 23.8 Å². The smallest absolute Gasteiger partial charge is 0.0670 e. The van der Waals surface area contributed by atoms with Gasteiger partial charge in [-0.3, -0.25) is 0 Å². The SMILES string of the molecule is N#CCc1ccccc1C#CCCCC#Cc1ccccc1. The van der Waals surface area contributed by atoms with Gasteiger partial charge < -0.3 is 0 Å². The zero-order chi connectivity index (χ0) is 15.5. The molecular formula is C21H17N. The van der Waals surface area contributed by atoms with E-state index >= 15 is 0 Å². The lowest BCUT2D eigenvalue weighted by Crippen LogP contribution is -1.87. The standard InChI is InChI=1S/C21H17N/c22-18-17-21-16-10-9-15-20(21)14-8-3-1-2-5-11-19-12-6-4-7-13-19/h4,6-7,9-10,12-13,15-16H,1-3,17H2. The van der Waals surface area contributed by atoms with Gasteiger partial charge in [0.05, 0.1) is 12.5 Å². The van der Waals surface area contributed by atoms with Crippen LogP contribution in [-0.4, -0.2) is 0 Å². The predicted octanol–water partition coefficient (Wildman–Crippen LogP) is 4.33. The van der Waals surface area contributed by atoms with Crippen LogP contribution in [0.2, 0.25) is 0 Å². The van der Waals surface area contributed by atoms with Crippen LogP contribution in [0.4, 0.5) is 0 Å². The van der Waals surface area contributed by atoms with Crippen LogP contribution in [0.5, 0.6) is 0 Å². The second-order valence-corrected chi connectivity index (χ2v) is 4.82. The lowest BCUT2D eigenvalue weighted by atomic mass is 10.1. The Morgan fingerprint density at radius 3 is 2.23 bits per heavy atom. The van der Waals surface area contributed by atoms with Gasteiger partial charge >= 0.3 is 0 Å². The first-order chi connectivity index (χ1) is 10.9. The Kier molecular flexibility index (Phi) is 6.37. The quantitative estimate of drug-likeness (QED) is 0.607. The molecule has 0 aliphatic rings. The minimum Gasteiger partial charge on any atom is -0.198 e. The molecule has 0 aliphatic carbocycles. The molecule has 2 aromatic carbocycles. The molecule has 0 bridgehead atoms. The monoisotopic (exact) mass is 283 g/mol. The summed E-state index contributed by atoms with van der Waals surface area (Å²) >= 11 is 0. The molecule has 0 amide bonds. The van der Waals surface area contributed by atoms with Crippen LogP contribution >= 0.6 is 0 Å². The summed E-state index contributed by atoms with van der Waals surface area (Å²) in [6, 6.07) is 20.0. The van der Waals surface area contributed by atoms with E-state index < -0.39 is 0 Å². The maximum atomic E-state index is 8.79. The first kappa shape index (κ1) is 15.4. The van der Waals surface area contributed by atoms with E-state index in [1.54, 1.807) is 0 Å². The van der Waals surface area contributed by atoms with Crippen molar-refractivity contribution in [3.05, 3.63) is 71.3 Å². The summed E-state index contributed by atoms with van der Waals surface area (Å²) < 4.78 is 0. The summed E-state index contributed by atoms with van der Waals surface area (Å²) in [5.41, 5.74) is 3.01. The van der Waals surface area contributed by atoms with Gasteiger partial charge in [-0.25, -0.2) is 0 Å². The van der Waals surface area contributed by atoms with Crippen LogP contribution in [0.1, 0.15) is 36.0 Å². The molecule has 0 N–H and O–H groups in total. The van der Waals surface area contributed by atoms with E-state index in [1.807, 2.05) is 54.6 Å². The highest BCUT2D eigenvalue weighted by Crippen LogP contribution is 2.07. The van der Waals surface area contributed by atoms with Gasteiger partial charge in [-0.05, 0) is 30.2 Å². The molecule has 22 heavy (non-hydrogen) atoms. The van der Waals surface area contributed by atoms with Gasteiger partial charge in [-0.15, -0.1) is 0 Å². The van der Waals surface area contributed by atoms with Crippen molar-refractivity contribution in [2.24, 2.45) is 0 Å². The summed E-state index contributed by atoms with van der Waals surface area (Å²) in [5.74, 6) is 12.6. The van der Waals surface area contributed by atoms with Gasteiger partial charge in [0.15, 0.2) is 0 Å². The highest BCUT2D eigenvalue weighted by atomic mass is 14.2. The van der Waals surface area contributed by atoms with Gasteiger partial charge in [0.1, 0.15) is 0 Å². The molecule has 0 atom stereocenters. The molecule has 0 aliphatic heterocycles. The molecule has 0 saturated heterocycles. The summed E-state index contributed by atoms with van der Waals surface area (Å²) in [6.45, 7) is 0. The third-order valence-corrected chi connectivity index (χ3v) is 3.12.